The number of ether oxygens (including phenoxy) is 2. The minimum Gasteiger partial charge on any atom is -0.497 e. The van der Waals surface area contributed by atoms with Gasteiger partial charge < -0.3 is 25.2 Å². The molecular formula is C17H29N3O3. The summed E-state index contributed by atoms with van der Waals surface area (Å²) >= 11 is 0. The standard InChI is InChI=1S/C17H29N3O3/c1-6-12(3)20-17(18-7-2)19-11-15(21)14-10-13(22-4)8-9-16(14)23-5/h8-10,12,15,21H,6-7,11H2,1-5H3,(H2,18,19,20). The van der Waals surface area contributed by atoms with E-state index in [0.717, 1.165) is 13.0 Å². The van der Waals surface area contributed by atoms with Crippen LogP contribution in [0.4, 0.5) is 0 Å². The van der Waals surface area contributed by atoms with Crippen LogP contribution in [0.2, 0.25) is 0 Å². The highest BCUT2D eigenvalue weighted by Crippen LogP contribution is 2.29. The number of aliphatic hydroxyl groups is 1. The Hall–Kier alpha value is -1.95. The first-order valence-corrected chi connectivity index (χ1v) is 8.00. The number of nitrogens with zero attached hydrogens (tertiary/aromatic N) is 1. The van der Waals surface area contributed by atoms with E-state index in [4.69, 9.17) is 9.47 Å². The van der Waals surface area contributed by atoms with Gasteiger partial charge in [-0.25, -0.2) is 0 Å². The van der Waals surface area contributed by atoms with Gasteiger partial charge in [-0.15, -0.1) is 0 Å². The molecule has 0 aliphatic heterocycles. The second kappa shape index (κ2) is 9.94. The predicted molar refractivity (Wildman–Crippen MR) is 93.4 cm³/mol. The fraction of sp³-hybridized carbons (Fsp3) is 0.588. The van der Waals surface area contributed by atoms with Crippen LogP contribution in [-0.4, -0.2) is 44.4 Å². The van der Waals surface area contributed by atoms with Gasteiger partial charge >= 0.3 is 0 Å². The minimum atomic E-state index is -0.771. The molecule has 0 saturated carbocycles. The van der Waals surface area contributed by atoms with Crippen molar-refractivity contribution in [2.45, 2.75) is 39.3 Å². The molecular weight excluding hydrogens is 294 g/mol. The summed E-state index contributed by atoms with van der Waals surface area (Å²) in [4.78, 5) is 4.46. The van der Waals surface area contributed by atoms with Gasteiger partial charge in [0.05, 0.1) is 20.8 Å². The molecule has 6 nitrogen and oxygen atoms in total. The molecule has 0 spiro atoms. The molecule has 0 bridgehead atoms. The summed E-state index contributed by atoms with van der Waals surface area (Å²) in [5.41, 5.74) is 0.662. The van der Waals surface area contributed by atoms with Crippen LogP contribution in [0.15, 0.2) is 23.2 Å². The molecule has 2 atom stereocenters. The fourth-order valence-corrected chi connectivity index (χ4v) is 2.03. The van der Waals surface area contributed by atoms with Crippen LogP contribution in [0.1, 0.15) is 38.9 Å². The van der Waals surface area contributed by atoms with Gasteiger partial charge in [0, 0.05) is 18.2 Å². The summed E-state index contributed by atoms with van der Waals surface area (Å²) < 4.78 is 10.5. The zero-order chi connectivity index (χ0) is 17.2. The molecule has 0 fully saturated rings. The Kier molecular flexibility index (Phi) is 8.26. The van der Waals surface area contributed by atoms with Crippen molar-refractivity contribution in [2.24, 2.45) is 4.99 Å². The topological polar surface area (TPSA) is 75.1 Å². The van der Waals surface area contributed by atoms with Crippen LogP contribution in [0.5, 0.6) is 11.5 Å². The average molecular weight is 323 g/mol. The van der Waals surface area contributed by atoms with E-state index < -0.39 is 6.10 Å². The lowest BCUT2D eigenvalue weighted by Crippen LogP contribution is -2.42. The molecule has 1 aromatic carbocycles. The quantitative estimate of drug-likeness (QED) is 0.504. The molecule has 0 aromatic heterocycles. The van der Waals surface area contributed by atoms with Crippen molar-refractivity contribution in [3.8, 4) is 11.5 Å². The highest BCUT2D eigenvalue weighted by Gasteiger charge is 2.15. The number of nitrogens with one attached hydrogen (secondary N) is 2. The number of aliphatic hydroxyl groups excluding tert-OH is 1. The number of benzene rings is 1. The van der Waals surface area contributed by atoms with Crippen LogP contribution >= 0.6 is 0 Å². The molecule has 0 heterocycles. The Balaban J connectivity index is 2.87. The maximum atomic E-state index is 10.5. The lowest BCUT2D eigenvalue weighted by Gasteiger charge is -2.18. The Bertz CT molecular complexity index is 506. The molecule has 0 amide bonds. The molecule has 2 unspecified atom stereocenters. The van der Waals surface area contributed by atoms with Crippen molar-refractivity contribution in [3.05, 3.63) is 23.8 Å². The van der Waals surface area contributed by atoms with Gasteiger partial charge in [0.1, 0.15) is 17.6 Å². The molecule has 0 saturated heterocycles. The lowest BCUT2D eigenvalue weighted by atomic mass is 10.1. The van der Waals surface area contributed by atoms with Crippen molar-refractivity contribution < 1.29 is 14.6 Å². The van der Waals surface area contributed by atoms with Crippen molar-refractivity contribution >= 4 is 5.96 Å². The van der Waals surface area contributed by atoms with E-state index in [2.05, 4.69) is 29.5 Å². The Morgan fingerprint density at radius 1 is 1.26 bits per heavy atom. The zero-order valence-corrected chi connectivity index (χ0v) is 14.7. The molecule has 23 heavy (non-hydrogen) atoms. The second-order valence-electron chi connectivity index (χ2n) is 5.30. The van der Waals surface area contributed by atoms with E-state index >= 15 is 0 Å². The van der Waals surface area contributed by atoms with E-state index in [1.54, 1.807) is 32.4 Å². The van der Waals surface area contributed by atoms with Crippen molar-refractivity contribution in [1.29, 1.82) is 0 Å². The maximum absolute atomic E-state index is 10.5. The Labute approximate surface area is 138 Å². The van der Waals surface area contributed by atoms with E-state index in [0.29, 0.717) is 29.1 Å². The smallest absolute Gasteiger partial charge is 0.191 e. The summed E-state index contributed by atoms with van der Waals surface area (Å²) in [5, 5.41) is 16.9. The average Bonchev–Trinajstić information content (AvgIpc) is 2.58. The van der Waals surface area contributed by atoms with Gasteiger partial charge in [-0.05, 0) is 38.5 Å². The van der Waals surface area contributed by atoms with E-state index in [1.807, 2.05) is 6.92 Å². The normalized spacial score (nSPS) is 14.1. The summed E-state index contributed by atoms with van der Waals surface area (Å²) in [6.07, 6.45) is 0.226. The SMILES string of the molecule is CCNC(=NCC(O)c1cc(OC)ccc1OC)NC(C)CC. The first kappa shape index (κ1) is 19.1. The number of guanidine groups is 1. The summed E-state index contributed by atoms with van der Waals surface area (Å²) in [7, 11) is 3.17. The van der Waals surface area contributed by atoms with Gasteiger partial charge in [-0.1, -0.05) is 6.92 Å². The summed E-state index contributed by atoms with van der Waals surface area (Å²) in [6, 6.07) is 5.67. The molecule has 1 aromatic rings. The first-order valence-electron chi connectivity index (χ1n) is 8.00. The number of rotatable bonds is 8. The van der Waals surface area contributed by atoms with Gasteiger partial charge in [-0.3, -0.25) is 4.99 Å². The largest absolute Gasteiger partial charge is 0.497 e. The van der Waals surface area contributed by atoms with Crippen molar-refractivity contribution in [3.63, 3.8) is 0 Å². The van der Waals surface area contributed by atoms with Crippen molar-refractivity contribution in [2.75, 3.05) is 27.3 Å². The highest BCUT2D eigenvalue weighted by molar-refractivity contribution is 5.80. The lowest BCUT2D eigenvalue weighted by molar-refractivity contribution is 0.182. The maximum Gasteiger partial charge on any atom is 0.191 e. The molecule has 0 aliphatic rings. The monoisotopic (exact) mass is 323 g/mol. The Morgan fingerprint density at radius 3 is 2.57 bits per heavy atom. The third kappa shape index (κ3) is 5.98. The molecule has 3 N–H and O–H groups in total. The van der Waals surface area contributed by atoms with Crippen LogP contribution in [0.25, 0.3) is 0 Å². The summed E-state index contributed by atoms with van der Waals surface area (Å²) in [5.74, 6) is 1.99. The molecule has 6 heteroatoms. The number of aliphatic imine (C=N–C) groups is 1. The molecule has 0 aliphatic carbocycles. The van der Waals surface area contributed by atoms with Crippen LogP contribution < -0.4 is 20.1 Å². The Morgan fingerprint density at radius 2 is 2.00 bits per heavy atom. The molecule has 130 valence electrons. The second-order valence-corrected chi connectivity index (χ2v) is 5.30. The van der Waals surface area contributed by atoms with E-state index in [1.165, 1.54) is 0 Å². The molecule has 1 rings (SSSR count). The van der Waals surface area contributed by atoms with Crippen LogP contribution in [0.3, 0.4) is 0 Å². The summed E-state index contributed by atoms with van der Waals surface area (Å²) in [6.45, 7) is 7.21. The van der Waals surface area contributed by atoms with E-state index in [-0.39, 0.29) is 6.54 Å². The number of methoxy groups -OCH3 is 2. The van der Waals surface area contributed by atoms with E-state index in [9.17, 15) is 5.11 Å². The minimum absolute atomic E-state index is 0.231. The van der Waals surface area contributed by atoms with Gasteiger partial charge in [0.2, 0.25) is 0 Å². The predicted octanol–water partition coefficient (Wildman–Crippen LogP) is 2.09. The third-order valence-electron chi connectivity index (χ3n) is 3.56. The van der Waals surface area contributed by atoms with Gasteiger partial charge in [-0.2, -0.15) is 0 Å². The third-order valence-corrected chi connectivity index (χ3v) is 3.56. The number of hydrogen-bond donors (Lipinski definition) is 3. The van der Waals surface area contributed by atoms with Crippen LogP contribution in [-0.2, 0) is 0 Å². The van der Waals surface area contributed by atoms with Gasteiger partial charge in [0.25, 0.3) is 0 Å². The highest BCUT2D eigenvalue weighted by atomic mass is 16.5. The van der Waals surface area contributed by atoms with Crippen LogP contribution in [0, 0.1) is 0 Å². The number of hydrogen-bond acceptors (Lipinski definition) is 4. The van der Waals surface area contributed by atoms with Gasteiger partial charge in [0.15, 0.2) is 5.96 Å². The first-order chi connectivity index (χ1) is 11.0. The fourth-order valence-electron chi connectivity index (χ4n) is 2.03. The van der Waals surface area contributed by atoms with Crippen molar-refractivity contribution in [1.82, 2.24) is 10.6 Å². The molecule has 0 radical (unpaired) electrons. The zero-order valence-electron chi connectivity index (χ0n) is 14.7.